The molecule has 0 aromatic heterocycles. The number of nitrogens with zero attached hydrogens (tertiary/aromatic N) is 1. The van der Waals surface area contributed by atoms with E-state index in [1.807, 2.05) is 18.2 Å². The third kappa shape index (κ3) is 4.34. The van der Waals surface area contributed by atoms with Crippen LogP contribution in [-0.4, -0.2) is 48.3 Å². The summed E-state index contributed by atoms with van der Waals surface area (Å²) in [4.78, 5) is 14.5. The summed E-state index contributed by atoms with van der Waals surface area (Å²) in [5.74, 6) is -0.290. The van der Waals surface area contributed by atoms with E-state index in [0.717, 1.165) is 19.6 Å². The predicted molar refractivity (Wildman–Crippen MR) is 91.9 cm³/mol. The second kappa shape index (κ2) is 7.95. The molecule has 1 fully saturated rings. The highest BCUT2D eigenvalue weighted by Crippen LogP contribution is 2.15. The fourth-order valence-electron chi connectivity index (χ4n) is 2.86. The van der Waals surface area contributed by atoms with E-state index < -0.39 is 0 Å². The maximum Gasteiger partial charge on any atom is 0.255 e. The van der Waals surface area contributed by atoms with Crippen LogP contribution in [0.15, 0.2) is 54.6 Å². The third-order valence-corrected chi connectivity index (χ3v) is 4.11. The van der Waals surface area contributed by atoms with Gasteiger partial charge in [0.1, 0.15) is 5.75 Å². The summed E-state index contributed by atoms with van der Waals surface area (Å²) >= 11 is 0. The van der Waals surface area contributed by atoms with Crippen LogP contribution in [0.4, 0.5) is 0 Å². The monoisotopic (exact) mass is 326 g/mol. The SMILES string of the molecule is O=C(NC[C@H]1CN(Cc2ccccc2)CCO1)c1ccccc1O. The molecule has 1 aliphatic heterocycles. The van der Waals surface area contributed by atoms with Crippen LogP contribution in [0.1, 0.15) is 15.9 Å². The summed E-state index contributed by atoms with van der Waals surface area (Å²) in [5.41, 5.74) is 1.56. The lowest BCUT2D eigenvalue weighted by Gasteiger charge is -2.33. The molecular weight excluding hydrogens is 304 g/mol. The number of amides is 1. The maximum absolute atomic E-state index is 12.1. The first-order valence-corrected chi connectivity index (χ1v) is 8.16. The van der Waals surface area contributed by atoms with Crippen molar-refractivity contribution in [3.63, 3.8) is 0 Å². The number of hydrogen-bond acceptors (Lipinski definition) is 4. The summed E-state index contributed by atoms with van der Waals surface area (Å²) in [6.45, 7) is 3.63. The second-order valence-corrected chi connectivity index (χ2v) is 5.94. The number of aromatic hydroxyl groups is 1. The lowest BCUT2D eigenvalue weighted by atomic mass is 10.1. The first-order chi connectivity index (χ1) is 11.7. The maximum atomic E-state index is 12.1. The molecule has 1 aliphatic rings. The Bertz CT molecular complexity index is 675. The van der Waals surface area contributed by atoms with Crippen molar-refractivity contribution in [3.8, 4) is 5.75 Å². The van der Waals surface area contributed by atoms with Gasteiger partial charge in [-0.15, -0.1) is 0 Å². The number of phenolic OH excluding ortho intramolecular Hbond substituents is 1. The van der Waals surface area contributed by atoms with Gasteiger partial charge < -0.3 is 15.2 Å². The molecule has 0 bridgehead atoms. The fourth-order valence-corrected chi connectivity index (χ4v) is 2.86. The van der Waals surface area contributed by atoms with Crippen molar-refractivity contribution in [2.24, 2.45) is 0 Å². The normalized spacial score (nSPS) is 18.2. The molecule has 1 atom stereocenters. The highest BCUT2D eigenvalue weighted by molar-refractivity contribution is 5.96. The number of carbonyl (C=O) groups is 1. The molecule has 3 rings (SSSR count). The summed E-state index contributed by atoms with van der Waals surface area (Å²) < 4.78 is 5.74. The smallest absolute Gasteiger partial charge is 0.255 e. The average molecular weight is 326 g/mol. The van der Waals surface area contributed by atoms with Crippen LogP contribution in [0, 0.1) is 0 Å². The summed E-state index contributed by atoms with van der Waals surface area (Å²) in [6.07, 6.45) is -0.0442. The lowest BCUT2D eigenvalue weighted by Crippen LogP contribution is -2.47. The van der Waals surface area contributed by atoms with E-state index in [-0.39, 0.29) is 23.3 Å². The molecule has 5 nitrogen and oxygen atoms in total. The van der Waals surface area contributed by atoms with E-state index in [4.69, 9.17) is 4.74 Å². The van der Waals surface area contributed by atoms with Gasteiger partial charge in [-0.2, -0.15) is 0 Å². The Morgan fingerprint density at radius 1 is 1.17 bits per heavy atom. The number of morpholine rings is 1. The Hall–Kier alpha value is -2.37. The first kappa shape index (κ1) is 16.5. The zero-order valence-corrected chi connectivity index (χ0v) is 13.5. The first-order valence-electron chi connectivity index (χ1n) is 8.16. The minimum Gasteiger partial charge on any atom is -0.507 e. The second-order valence-electron chi connectivity index (χ2n) is 5.94. The molecular formula is C19H22N2O3. The predicted octanol–water partition coefficient (Wildman–Crippen LogP) is 2.02. The molecule has 1 saturated heterocycles. The lowest BCUT2D eigenvalue weighted by molar-refractivity contribution is -0.0292. The van der Waals surface area contributed by atoms with Crippen molar-refractivity contribution in [2.45, 2.75) is 12.6 Å². The topological polar surface area (TPSA) is 61.8 Å². The minimum atomic E-state index is -0.281. The van der Waals surface area contributed by atoms with E-state index in [1.165, 1.54) is 11.6 Å². The van der Waals surface area contributed by atoms with E-state index in [2.05, 4.69) is 22.3 Å². The van der Waals surface area contributed by atoms with Gasteiger partial charge in [0.15, 0.2) is 0 Å². The molecule has 0 aliphatic carbocycles. The quantitative estimate of drug-likeness (QED) is 0.882. The van der Waals surface area contributed by atoms with Gasteiger partial charge in [0.05, 0.1) is 18.3 Å². The van der Waals surface area contributed by atoms with Crippen LogP contribution in [-0.2, 0) is 11.3 Å². The zero-order chi connectivity index (χ0) is 16.8. The largest absolute Gasteiger partial charge is 0.507 e. The highest BCUT2D eigenvalue weighted by atomic mass is 16.5. The number of phenols is 1. The van der Waals surface area contributed by atoms with Gasteiger partial charge in [-0.25, -0.2) is 0 Å². The Kier molecular flexibility index (Phi) is 5.46. The van der Waals surface area contributed by atoms with Crippen molar-refractivity contribution in [3.05, 3.63) is 65.7 Å². The molecule has 0 unspecified atom stereocenters. The van der Waals surface area contributed by atoms with Crippen LogP contribution in [0.3, 0.4) is 0 Å². The van der Waals surface area contributed by atoms with Crippen molar-refractivity contribution in [1.82, 2.24) is 10.2 Å². The minimum absolute atomic E-state index is 0.00901. The molecule has 0 spiro atoms. The Morgan fingerprint density at radius 3 is 2.71 bits per heavy atom. The van der Waals surface area contributed by atoms with Gasteiger partial charge >= 0.3 is 0 Å². The molecule has 1 heterocycles. The number of benzene rings is 2. The molecule has 1 amide bonds. The van der Waals surface area contributed by atoms with Crippen LogP contribution in [0.2, 0.25) is 0 Å². The van der Waals surface area contributed by atoms with Crippen molar-refractivity contribution in [1.29, 1.82) is 0 Å². The number of carbonyl (C=O) groups excluding carboxylic acids is 1. The van der Waals surface area contributed by atoms with Gasteiger partial charge in [0.25, 0.3) is 5.91 Å². The van der Waals surface area contributed by atoms with E-state index in [1.54, 1.807) is 18.2 Å². The van der Waals surface area contributed by atoms with Crippen LogP contribution < -0.4 is 5.32 Å². The number of ether oxygens (including phenoxy) is 1. The number of rotatable bonds is 5. The fraction of sp³-hybridized carbons (Fsp3) is 0.316. The van der Waals surface area contributed by atoms with Gasteiger partial charge in [-0.3, -0.25) is 9.69 Å². The molecule has 2 aromatic rings. The summed E-state index contributed by atoms with van der Waals surface area (Å²) in [7, 11) is 0. The van der Waals surface area contributed by atoms with Crippen LogP contribution in [0.25, 0.3) is 0 Å². The Balaban J connectivity index is 1.50. The van der Waals surface area contributed by atoms with Crippen molar-refractivity contribution in [2.75, 3.05) is 26.2 Å². The summed E-state index contributed by atoms with van der Waals surface area (Å²) in [6, 6.07) is 16.9. The van der Waals surface area contributed by atoms with Gasteiger partial charge in [-0.05, 0) is 17.7 Å². The van der Waals surface area contributed by atoms with Crippen molar-refractivity contribution < 1.29 is 14.6 Å². The molecule has 0 radical (unpaired) electrons. The van der Waals surface area contributed by atoms with Gasteiger partial charge in [0, 0.05) is 26.2 Å². The van der Waals surface area contributed by atoms with E-state index >= 15 is 0 Å². The van der Waals surface area contributed by atoms with E-state index in [9.17, 15) is 9.90 Å². The van der Waals surface area contributed by atoms with Crippen molar-refractivity contribution >= 4 is 5.91 Å². The third-order valence-electron chi connectivity index (χ3n) is 4.11. The van der Waals surface area contributed by atoms with Gasteiger partial charge in [0.2, 0.25) is 0 Å². The number of hydrogen-bond donors (Lipinski definition) is 2. The summed E-state index contributed by atoms with van der Waals surface area (Å²) in [5, 5.41) is 12.6. The molecule has 2 N–H and O–H groups in total. The average Bonchev–Trinajstić information content (AvgIpc) is 2.61. The molecule has 2 aromatic carbocycles. The Morgan fingerprint density at radius 2 is 1.92 bits per heavy atom. The molecule has 24 heavy (non-hydrogen) atoms. The molecule has 0 saturated carbocycles. The van der Waals surface area contributed by atoms with Gasteiger partial charge in [-0.1, -0.05) is 42.5 Å². The highest BCUT2D eigenvalue weighted by Gasteiger charge is 2.21. The number of para-hydroxylation sites is 1. The van der Waals surface area contributed by atoms with E-state index in [0.29, 0.717) is 13.2 Å². The molecule has 126 valence electrons. The number of nitrogens with one attached hydrogen (secondary N) is 1. The van der Waals surface area contributed by atoms with Crippen LogP contribution >= 0.6 is 0 Å². The van der Waals surface area contributed by atoms with Crippen LogP contribution in [0.5, 0.6) is 5.75 Å². The Labute approximate surface area is 141 Å². The zero-order valence-electron chi connectivity index (χ0n) is 13.5. The molecule has 5 heteroatoms. The standard InChI is InChI=1S/C19H22N2O3/c22-18-9-5-4-8-17(18)19(23)20-12-16-14-21(10-11-24-16)13-15-6-2-1-3-7-15/h1-9,16,22H,10-14H2,(H,20,23)/t16-/m0/s1.